The lowest BCUT2D eigenvalue weighted by Crippen LogP contribution is -2.46. The Kier molecular flexibility index (Phi) is 6.18. The maximum atomic E-state index is 12.8. The van der Waals surface area contributed by atoms with E-state index in [1.54, 1.807) is 12.1 Å². The van der Waals surface area contributed by atoms with Gasteiger partial charge in [0.05, 0.1) is 10.3 Å². The monoisotopic (exact) mass is 351 g/mol. The normalized spacial score (nSPS) is 17.2. The molecular weight excluding hydrogens is 326 g/mol. The number of amides is 1. The summed E-state index contributed by atoms with van der Waals surface area (Å²) >= 11 is 0. The van der Waals surface area contributed by atoms with E-state index in [1.807, 2.05) is 13.0 Å². The minimum atomic E-state index is -3.85. The zero-order valence-electron chi connectivity index (χ0n) is 14.1. The van der Waals surface area contributed by atoms with Crippen molar-refractivity contribution in [2.24, 2.45) is 5.41 Å². The molecule has 1 saturated heterocycles. The molecule has 0 saturated carbocycles. The second kappa shape index (κ2) is 7.94. The summed E-state index contributed by atoms with van der Waals surface area (Å²) < 4.78 is 32.6. The molecule has 1 aromatic carbocycles. The van der Waals surface area contributed by atoms with Gasteiger partial charge >= 0.3 is 0 Å². The number of allylic oxidation sites excluding steroid dienone is 1. The van der Waals surface area contributed by atoms with Gasteiger partial charge in [-0.05, 0) is 51.2 Å². The molecule has 0 radical (unpaired) electrons. The van der Waals surface area contributed by atoms with Crippen LogP contribution in [0.15, 0.2) is 41.8 Å². The summed E-state index contributed by atoms with van der Waals surface area (Å²) in [5, 5.41) is 0. The molecule has 1 aliphatic heterocycles. The maximum absolute atomic E-state index is 12.8. The lowest BCUT2D eigenvalue weighted by Gasteiger charge is -2.35. The van der Waals surface area contributed by atoms with Crippen molar-refractivity contribution < 1.29 is 17.9 Å². The van der Waals surface area contributed by atoms with Gasteiger partial charge in [0.2, 0.25) is 5.91 Å². The predicted octanol–water partition coefficient (Wildman–Crippen LogP) is 2.95. The topological polar surface area (TPSA) is 72.5 Å². The Bertz CT molecular complexity index is 673. The van der Waals surface area contributed by atoms with Gasteiger partial charge in [-0.1, -0.05) is 23.8 Å². The van der Waals surface area contributed by atoms with Crippen LogP contribution in [0.25, 0.3) is 0 Å². The fourth-order valence-corrected chi connectivity index (χ4v) is 4.02. The standard InChI is InChI=1S/C18H25NO4S/c1-3-4-5-10-18(11-13-23-14-12-18)17(20)19-24(21,22)16-8-6-15(2)7-9-16/h3,6-9H,1,4-5,10-14H2,2H3,(H,19,20). The van der Waals surface area contributed by atoms with E-state index >= 15 is 0 Å². The Hall–Kier alpha value is -1.66. The van der Waals surface area contributed by atoms with Crippen LogP contribution in [0, 0.1) is 12.3 Å². The highest BCUT2D eigenvalue weighted by molar-refractivity contribution is 7.90. The van der Waals surface area contributed by atoms with Gasteiger partial charge in [0, 0.05) is 13.2 Å². The number of rotatable bonds is 7. The fraction of sp³-hybridized carbons (Fsp3) is 0.500. The highest BCUT2D eigenvalue weighted by Crippen LogP contribution is 2.36. The van der Waals surface area contributed by atoms with Gasteiger partial charge in [-0.15, -0.1) is 6.58 Å². The number of sulfonamides is 1. The van der Waals surface area contributed by atoms with E-state index in [0.717, 1.165) is 18.4 Å². The van der Waals surface area contributed by atoms with Crippen molar-refractivity contribution in [2.45, 2.75) is 43.9 Å². The first kappa shape index (κ1) is 18.7. The summed E-state index contributed by atoms with van der Waals surface area (Å²) in [7, 11) is -3.85. The molecule has 1 N–H and O–H groups in total. The average molecular weight is 351 g/mol. The predicted molar refractivity (Wildman–Crippen MR) is 93.0 cm³/mol. The van der Waals surface area contributed by atoms with Crippen LogP contribution in [0.2, 0.25) is 0 Å². The van der Waals surface area contributed by atoms with E-state index < -0.39 is 21.3 Å². The second-order valence-electron chi connectivity index (χ2n) is 6.32. The number of carbonyl (C=O) groups is 1. The van der Waals surface area contributed by atoms with Gasteiger partial charge in [-0.25, -0.2) is 13.1 Å². The van der Waals surface area contributed by atoms with Gasteiger partial charge in [-0.2, -0.15) is 0 Å². The molecule has 132 valence electrons. The summed E-state index contributed by atoms with van der Waals surface area (Å²) in [4.78, 5) is 12.9. The molecule has 1 fully saturated rings. The average Bonchev–Trinajstić information content (AvgIpc) is 2.56. The van der Waals surface area contributed by atoms with Crippen molar-refractivity contribution >= 4 is 15.9 Å². The third-order valence-electron chi connectivity index (χ3n) is 4.55. The summed E-state index contributed by atoms with van der Waals surface area (Å²) in [6, 6.07) is 6.46. The van der Waals surface area contributed by atoms with Crippen LogP contribution in [0.1, 0.15) is 37.7 Å². The lowest BCUT2D eigenvalue weighted by molar-refractivity contribution is -0.135. The number of ether oxygens (including phenoxy) is 1. The quantitative estimate of drug-likeness (QED) is 0.605. The number of unbranched alkanes of at least 4 members (excludes halogenated alkanes) is 1. The van der Waals surface area contributed by atoms with E-state index in [2.05, 4.69) is 11.3 Å². The molecule has 1 amide bonds. The minimum absolute atomic E-state index is 0.106. The molecule has 0 bridgehead atoms. The Morgan fingerprint density at radius 3 is 2.50 bits per heavy atom. The molecule has 0 aromatic heterocycles. The molecule has 24 heavy (non-hydrogen) atoms. The molecule has 0 spiro atoms. The maximum Gasteiger partial charge on any atom is 0.264 e. The van der Waals surface area contributed by atoms with Gasteiger partial charge in [0.15, 0.2) is 0 Å². The van der Waals surface area contributed by atoms with Crippen LogP contribution in [0.5, 0.6) is 0 Å². The smallest absolute Gasteiger partial charge is 0.264 e. The highest BCUT2D eigenvalue weighted by atomic mass is 32.2. The Morgan fingerprint density at radius 2 is 1.92 bits per heavy atom. The molecule has 0 unspecified atom stereocenters. The van der Waals surface area contributed by atoms with Crippen molar-refractivity contribution in [3.63, 3.8) is 0 Å². The Labute approximate surface area is 144 Å². The van der Waals surface area contributed by atoms with Gasteiger partial charge in [0.25, 0.3) is 10.0 Å². The summed E-state index contributed by atoms with van der Waals surface area (Å²) in [6.45, 7) is 6.53. The first-order valence-corrected chi connectivity index (χ1v) is 9.70. The second-order valence-corrected chi connectivity index (χ2v) is 8.00. The van der Waals surface area contributed by atoms with Crippen LogP contribution in [-0.4, -0.2) is 27.5 Å². The third kappa shape index (κ3) is 4.45. The van der Waals surface area contributed by atoms with Crippen LogP contribution in [0.4, 0.5) is 0 Å². The molecule has 1 aromatic rings. The first-order chi connectivity index (χ1) is 11.4. The zero-order valence-corrected chi connectivity index (χ0v) is 14.9. The van der Waals surface area contributed by atoms with Crippen LogP contribution in [-0.2, 0) is 19.6 Å². The largest absolute Gasteiger partial charge is 0.381 e. The molecule has 5 nitrogen and oxygen atoms in total. The van der Waals surface area contributed by atoms with Crippen LogP contribution >= 0.6 is 0 Å². The highest BCUT2D eigenvalue weighted by Gasteiger charge is 2.41. The van der Waals surface area contributed by atoms with Crippen molar-refractivity contribution in [3.8, 4) is 0 Å². The fourth-order valence-electron chi connectivity index (χ4n) is 2.94. The number of aryl methyl sites for hydroxylation is 1. The van der Waals surface area contributed by atoms with E-state index in [0.29, 0.717) is 32.5 Å². The Morgan fingerprint density at radius 1 is 1.29 bits per heavy atom. The number of benzene rings is 1. The van der Waals surface area contributed by atoms with Gasteiger partial charge in [0.1, 0.15) is 0 Å². The van der Waals surface area contributed by atoms with E-state index in [1.165, 1.54) is 12.1 Å². The molecule has 6 heteroatoms. The zero-order chi connectivity index (χ0) is 17.6. The number of hydrogen-bond acceptors (Lipinski definition) is 4. The number of hydrogen-bond donors (Lipinski definition) is 1. The third-order valence-corrected chi connectivity index (χ3v) is 5.90. The van der Waals surface area contributed by atoms with Crippen molar-refractivity contribution in [3.05, 3.63) is 42.5 Å². The van der Waals surface area contributed by atoms with E-state index in [9.17, 15) is 13.2 Å². The van der Waals surface area contributed by atoms with Crippen LogP contribution in [0.3, 0.4) is 0 Å². The Balaban J connectivity index is 2.16. The lowest BCUT2D eigenvalue weighted by atomic mass is 9.75. The minimum Gasteiger partial charge on any atom is -0.381 e. The molecule has 1 aliphatic rings. The first-order valence-electron chi connectivity index (χ1n) is 8.22. The van der Waals surface area contributed by atoms with Crippen molar-refractivity contribution in [1.29, 1.82) is 0 Å². The van der Waals surface area contributed by atoms with Gasteiger partial charge in [-0.3, -0.25) is 4.79 Å². The van der Waals surface area contributed by atoms with E-state index in [-0.39, 0.29) is 4.90 Å². The van der Waals surface area contributed by atoms with Crippen LogP contribution < -0.4 is 4.72 Å². The SMILES string of the molecule is C=CCCCC1(C(=O)NS(=O)(=O)c2ccc(C)cc2)CCOCC1. The number of nitrogens with one attached hydrogen (secondary N) is 1. The molecule has 0 atom stereocenters. The number of carbonyl (C=O) groups excluding carboxylic acids is 1. The van der Waals surface area contributed by atoms with Crippen molar-refractivity contribution in [2.75, 3.05) is 13.2 Å². The van der Waals surface area contributed by atoms with E-state index in [4.69, 9.17) is 4.74 Å². The summed E-state index contributed by atoms with van der Waals surface area (Å²) in [5.41, 5.74) is 0.282. The molecule has 1 heterocycles. The van der Waals surface area contributed by atoms with Crippen molar-refractivity contribution in [1.82, 2.24) is 4.72 Å². The summed E-state index contributed by atoms with van der Waals surface area (Å²) in [6.07, 6.45) is 5.15. The molecule has 0 aliphatic carbocycles. The van der Waals surface area contributed by atoms with Gasteiger partial charge < -0.3 is 4.74 Å². The molecular formula is C18H25NO4S. The molecule has 2 rings (SSSR count). The summed E-state index contributed by atoms with van der Waals surface area (Å²) in [5.74, 6) is -0.421.